The van der Waals surface area contributed by atoms with E-state index in [1.807, 2.05) is 24.3 Å². The molecule has 1 aromatic carbocycles. The number of anilines is 2. The van der Waals surface area contributed by atoms with Crippen molar-refractivity contribution >= 4 is 11.4 Å². The first-order chi connectivity index (χ1) is 7.57. The fourth-order valence-corrected chi connectivity index (χ4v) is 2.22. The number of nitrogen functional groups attached to an aromatic ring is 1. The lowest BCUT2D eigenvalue weighted by Crippen LogP contribution is -2.26. The van der Waals surface area contributed by atoms with Gasteiger partial charge >= 0.3 is 0 Å². The Bertz CT molecular complexity index is 363. The molecule has 0 bridgehead atoms. The fourth-order valence-electron chi connectivity index (χ4n) is 2.22. The Hall–Kier alpha value is -1.25. The van der Waals surface area contributed by atoms with Gasteiger partial charge in [-0.15, -0.1) is 0 Å². The van der Waals surface area contributed by atoms with E-state index in [1.165, 1.54) is 0 Å². The molecule has 16 heavy (non-hydrogen) atoms. The van der Waals surface area contributed by atoms with Crippen LogP contribution >= 0.6 is 0 Å². The molecule has 0 spiro atoms. The van der Waals surface area contributed by atoms with Crippen LogP contribution < -0.4 is 10.6 Å². The first kappa shape index (κ1) is 11.2. The number of halogens is 1. The molecule has 1 fully saturated rings. The molecular formula is C13H19FN2. The quantitative estimate of drug-likeness (QED) is 0.740. The van der Waals surface area contributed by atoms with Crippen molar-refractivity contribution in [2.24, 2.45) is 0 Å². The van der Waals surface area contributed by atoms with Gasteiger partial charge in [-0.1, -0.05) is 6.07 Å². The highest BCUT2D eigenvalue weighted by Crippen LogP contribution is 2.28. The highest BCUT2D eigenvalue weighted by molar-refractivity contribution is 5.55. The largest absolute Gasteiger partial charge is 0.399 e. The minimum absolute atomic E-state index is 0.599. The molecule has 1 atom stereocenters. The second-order valence-electron chi connectivity index (χ2n) is 4.85. The van der Waals surface area contributed by atoms with Crippen molar-refractivity contribution in [3.8, 4) is 0 Å². The topological polar surface area (TPSA) is 29.3 Å². The van der Waals surface area contributed by atoms with Gasteiger partial charge in [0.15, 0.2) is 0 Å². The van der Waals surface area contributed by atoms with Gasteiger partial charge in [-0.3, -0.25) is 0 Å². The van der Waals surface area contributed by atoms with Gasteiger partial charge in [-0.25, -0.2) is 4.39 Å². The van der Waals surface area contributed by atoms with Gasteiger partial charge in [-0.05, 0) is 44.4 Å². The molecule has 1 aliphatic heterocycles. The molecule has 2 rings (SSSR count). The number of hydrogen-bond acceptors (Lipinski definition) is 2. The molecule has 2 nitrogen and oxygen atoms in total. The van der Waals surface area contributed by atoms with Gasteiger partial charge in [-0.2, -0.15) is 0 Å². The van der Waals surface area contributed by atoms with Crippen LogP contribution in [0.1, 0.15) is 26.2 Å². The van der Waals surface area contributed by atoms with Gasteiger partial charge in [0.05, 0.1) is 0 Å². The van der Waals surface area contributed by atoms with E-state index in [2.05, 4.69) is 4.90 Å². The summed E-state index contributed by atoms with van der Waals surface area (Å²) < 4.78 is 13.8. The van der Waals surface area contributed by atoms with Crippen LogP contribution in [0, 0.1) is 0 Å². The Kier molecular flexibility index (Phi) is 3.03. The molecule has 0 aliphatic carbocycles. The Labute approximate surface area is 96.2 Å². The average Bonchev–Trinajstić information content (AvgIpc) is 2.39. The highest BCUT2D eigenvalue weighted by Gasteiger charge is 2.27. The predicted molar refractivity (Wildman–Crippen MR) is 66.4 cm³/mol. The van der Waals surface area contributed by atoms with Crippen LogP contribution in [0.25, 0.3) is 0 Å². The zero-order chi connectivity index (χ0) is 11.6. The van der Waals surface area contributed by atoms with Crippen molar-refractivity contribution in [1.29, 1.82) is 0 Å². The van der Waals surface area contributed by atoms with Gasteiger partial charge in [0.2, 0.25) is 0 Å². The molecule has 1 aromatic rings. The number of hydrogen-bond donors (Lipinski definition) is 1. The number of nitrogens with two attached hydrogens (primary N) is 1. The summed E-state index contributed by atoms with van der Waals surface area (Å²) in [5.41, 5.74) is 6.63. The van der Waals surface area contributed by atoms with E-state index in [0.29, 0.717) is 12.8 Å². The SMILES string of the molecule is CC1(F)CCCN(c2cccc(N)c2)CC1. The molecule has 1 unspecified atom stereocenters. The van der Waals surface area contributed by atoms with Crippen LogP contribution in [0.5, 0.6) is 0 Å². The normalized spacial score (nSPS) is 26.5. The maximum atomic E-state index is 13.8. The van der Waals surface area contributed by atoms with E-state index in [1.54, 1.807) is 6.92 Å². The molecule has 3 heteroatoms. The van der Waals surface area contributed by atoms with E-state index in [4.69, 9.17) is 5.73 Å². The lowest BCUT2D eigenvalue weighted by molar-refractivity contribution is 0.170. The minimum atomic E-state index is -1.00. The maximum absolute atomic E-state index is 13.8. The average molecular weight is 222 g/mol. The van der Waals surface area contributed by atoms with Crippen LogP contribution in [0.3, 0.4) is 0 Å². The van der Waals surface area contributed by atoms with Gasteiger partial charge < -0.3 is 10.6 Å². The number of benzene rings is 1. The van der Waals surface area contributed by atoms with Crippen molar-refractivity contribution in [3.05, 3.63) is 24.3 Å². The van der Waals surface area contributed by atoms with Gasteiger partial charge in [0.1, 0.15) is 5.67 Å². The summed E-state index contributed by atoms with van der Waals surface area (Å²) in [6.07, 6.45) is 2.16. The lowest BCUT2D eigenvalue weighted by Gasteiger charge is -2.23. The second kappa shape index (κ2) is 4.32. The Morgan fingerprint density at radius 1 is 1.31 bits per heavy atom. The Balaban J connectivity index is 2.11. The van der Waals surface area contributed by atoms with E-state index < -0.39 is 5.67 Å². The van der Waals surface area contributed by atoms with Gasteiger partial charge in [0, 0.05) is 24.5 Å². The molecule has 0 aromatic heterocycles. The summed E-state index contributed by atoms with van der Waals surface area (Å²) in [6, 6.07) is 7.82. The third-order valence-corrected chi connectivity index (χ3v) is 3.26. The zero-order valence-corrected chi connectivity index (χ0v) is 9.75. The third-order valence-electron chi connectivity index (χ3n) is 3.26. The summed E-state index contributed by atoms with van der Waals surface area (Å²) in [4.78, 5) is 2.22. The van der Waals surface area contributed by atoms with Crippen LogP contribution in [0.15, 0.2) is 24.3 Å². The fraction of sp³-hybridized carbons (Fsp3) is 0.538. The van der Waals surface area contributed by atoms with Crippen LogP contribution in [-0.2, 0) is 0 Å². The predicted octanol–water partition coefficient (Wildman–Crippen LogP) is 2.99. The van der Waals surface area contributed by atoms with Crippen molar-refractivity contribution in [1.82, 2.24) is 0 Å². The summed E-state index contributed by atoms with van der Waals surface area (Å²) >= 11 is 0. The standard InChI is InChI=1S/C13H19FN2/c1-13(14)6-3-8-16(9-7-13)12-5-2-4-11(15)10-12/h2,4-5,10H,3,6-9,15H2,1H3. The molecule has 0 radical (unpaired) electrons. The van der Waals surface area contributed by atoms with Crippen LogP contribution in [0.4, 0.5) is 15.8 Å². The van der Waals surface area contributed by atoms with Crippen molar-refractivity contribution in [2.75, 3.05) is 23.7 Å². The first-order valence-corrected chi connectivity index (χ1v) is 5.86. The van der Waals surface area contributed by atoms with Crippen molar-refractivity contribution in [2.45, 2.75) is 31.9 Å². The molecule has 1 aliphatic rings. The highest BCUT2D eigenvalue weighted by atomic mass is 19.1. The summed E-state index contributed by atoms with van der Waals surface area (Å²) in [7, 11) is 0. The van der Waals surface area contributed by atoms with E-state index >= 15 is 0 Å². The van der Waals surface area contributed by atoms with E-state index in [9.17, 15) is 4.39 Å². The van der Waals surface area contributed by atoms with E-state index in [0.717, 1.165) is 30.9 Å². The Morgan fingerprint density at radius 2 is 2.12 bits per heavy atom. The Morgan fingerprint density at radius 3 is 2.88 bits per heavy atom. The molecular weight excluding hydrogens is 203 g/mol. The summed E-state index contributed by atoms with van der Waals surface area (Å²) in [5, 5.41) is 0. The number of rotatable bonds is 1. The summed E-state index contributed by atoms with van der Waals surface area (Å²) in [6.45, 7) is 3.40. The maximum Gasteiger partial charge on any atom is 0.110 e. The first-order valence-electron chi connectivity index (χ1n) is 5.86. The third kappa shape index (κ3) is 2.65. The van der Waals surface area contributed by atoms with Crippen LogP contribution in [0.2, 0.25) is 0 Å². The van der Waals surface area contributed by atoms with Gasteiger partial charge in [0.25, 0.3) is 0 Å². The van der Waals surface area contributed by atoms with Crippen LogP contribution in [-0.4, -0.2) is 18.8 Å². The smallest absolute Gasteiger partial charge is 0.110 e. The molecule has 2 N–H and O–H groups in total. The number of nitrogens with zero attached hydrogens (tertiary/aromatic N) is 1. The molecule has 0 amide bonds. The minimum Gasteiger partial charge on any atom is -0.399 e. The summed E-state index contributed by atoms with van der Waals surface area (Å²) in [5.74, 6) is 0. The number of alkyl halides is 1. The molecule has 88 valence electrons. The van der Waals surface area contributed by atoms with E-state index in [-0.39, 0.29) is 0 Å². The zero-order valence-electron chi connectivity index (χ0n) is 9.75. The lowest BCUT2D eigenvalue weighted by atomic mass is 10.0. The molecule has 0 saturated carbocycles. The molecule has 1 heterocycles. The van der Waals surface area contributed by atoms with Crippen molar-refractivity contribution in [3.63, 3.8) is 0 Å². The molecule has 1 saturated heterocycles. The van der Waals surface area contributed by atoms with Crippen molar-refractivity contribution < 1.29 is 4.39 Å². The second-order valence-corrected chi connectivity index (χ2v) is 4.85. The monoisotopic (exact) mass is 222 g/mol.